The maximum absolute atomic E-state index is 11.7. The molecule has 0 radical (unpaired) electrons. The van der Waals surface area contributed by atoms with Crippen molar-refractivity contribution in [1.29, 1.82) is 0 Å². The number of anilines is 2. The van der Waals surface area contributed by atoms with E-state index in [1.54, 1.807) is 28.1 Å². The number of nitrogens with one attached hydrogen (secondary N) is 2. The first-order valence-electron chi connectivity index (χ1n) is 5.13. The monoisotopic (exact) mass is 257 g/mol. The van der Waals surface area contributed by atoms with Crippen molar-refractivity contribution in [2.75, 3.05) is 31.8 Å². The summed E-state index contributed by atoms with van der Waals surface area (Å²) in [5.41, 5.74) is 0. The third-order valence-corrected chi connectivity index (χ3v) is 2.41. The maximum atomic E-state index is 11.7. The highest BCUT2D eigenvalue weighted by atomic mass is 35.5. The van der Waals surface area contributed by atoms with Crippen LogP contribution in [-0.4, -0.2) is 48.0 Å². The third kappa shape index (κ3) is 3.45. The van der Waals surface area contributed by atoms with Crippen molar-refractivity contribution in [3.8, 4) is 0 Å². The first kappa shape index (κ1) is 13.5. The number of carbonyl (C=O) groups excluding carboxylic acids is 1. The molecule has 1 heterocycles. The van der Waals surface area contributed by atoms with Crippen molar-refractivity contribution in [3.05, 3.63) is 11.2 Å². The van der Waals surface area contributed by atoms with E-state index in [1.807, 2.05) is 0 Å². The van der Waals surface area contributed by atoms with Gasteiger partial charge in [0.05, 0.1) is 6.20 Å². The van der Waals surface area contributed by atoms with Gasteiger partial charge in [0.25, 0.3) is 0 Å². The number of amides is 1. The quantitative estimate of drug-likeness (QED) is 0.844. The van der Waals surface area contributed by atoms with E-state index in [2.05, 4.69) is 20.6 Å². The van der Waals surface area contributed by atoms with Gasteiger partial charge in [0.1, 0.15) is 11.1 Å². The van der Waals surface area contributed by atoms with Gasteiger partial charge < -0.3 is 15.5 Å². The number of aromatic nitrogens is 2. The van der Waals surface area contributed by atoms with Crippen LogP contribution in [0.1, 0.15) is 6.92 Å². The Morgan fingerprint density at radius 2 is 2.18 bits per heavy atom. The Balaban J connectivity index is 2.83. The van der Waals surface area contributed by atoms with Crippen LogP contribution in [0.3, 0.4) is 0 Å². The number of hydrogen-bond acceptors (Lipinski definition) is 5. The Hall–Kier alpha value is -1.56. The van der Waals surface area contributed by atoms with Crippen molar-refractivity contribution >= 4 is 29.3 Å². The van der Waals surface area contributed by atoms with Gasteiger partial charge in [-0.3, -0.25) is 4.79 Å². The number of rotatable bonds is 4. The number of hydrogen-bond donors (Lipinski definition) is 2. The van der Waals surface area contributed by atoms with Crippen LogP contribution >= 0.6 is 11.6 Å². The average molecular weight is 258 g/mol. The minimum absolute atomic E-state index is 0.0503. The minimum Gasteiger partial charge on any atom is -0.357 e. The molecule has 1 rings (SSSR count). The maximum Gasteiger partial charge on any atom is 0.244 e. The van der Waals surface area contributed by atoms with Gasteiger partial charge in [-0.15, -0.1) is 0 Å². The lowest BCUT2D eigenvalue weighted by Gasteiger charge is -2.19. The first-order chi connectivity index (χ1) is 7.95. The summed E-state index contributed by atoms with van der Waals surface area (Å²) in [5, 5.41) is 6.13. The largest absolute Gasteiger partial charge is 0.357 e. The van der Waals surface area contributed by atoms with Gasteiger partial charge >= 0.3 is 0 Å². The zero-order valence-corrected chi connectivity index (χ0v) is 11.0. The summed E-state index contributed by atoms with van der Waals surface area (Å²) >= 11 is 5.94. The van der Waals surface area contributed by atoms with Crippen LogP contribution in [0, 0.1) is 0 Å². The molecule has 0 spiro atoms. The Bertz CT molecular complexity index is 410. The molecule has 1 aromatic rings. The molecule has 0 fully saturated rings. The molecule has 0 aromatic carbocycles. The molecule has 0 aliphatic heterocycles. The van der Waals surface area contributed by atoms with E-state index in [-0.39, 0.29) is 5.91 Å². The van der Waals surface area contributed by atoms with E-state index >= 15 is 0 Å². The summed E-state index contributed by atoms with van der Waals surface area (Å²) in [4.78, 5) is 21.3. The molecule has 1 unspecified atom stereocenters. The second kappa shape index (κ2) is 5.67. The topological polar surface area (TPSA) is 70.2 Å². The van der Waals surface area contributed by atoms with Crippen molar-refractivity contribution < 1.29 is 4.79 Å². The second-order valence-corrected chi connectivity index (χ2v) is 4.15. The number of nitrogens with zero attached hydrogens (tertiary/aromatic N) is 3. The van der Waals surface area contributed by atoms with E-state index in [9.17, 15) is 4.79 Å². The summed E-state index contributed by atoms with van der Waals surface area (Å²) in [6.45, 7) is 1.75. The molecule has 0 saturated heterocycles. The van der Waals surface area contributed by atoms with E-state index in [0.29, 0.717) is 16.8 Å². The second-order valence-electron chi connectivity index (χ2n) is 3.74. The fourth-order valence-corrected chi connectivity index (χ4v) is 1.39. The molecule has 17 heavy (non-hydrogen) atoms. The Morgan fingerprint density at radius 1 is 1.53 bits per heavy atom. The zero-order valence-electron chi connectivity index (χ0n) is 10.3. The molecule has 0 bridgehead atoms. The van der Waals surface area contributed by atoms with Crippen LogP contribution in [0.15, 0.2) is 6.20 Å². The lowest BCUT2D eigenvalue weighted by molar-refractivity contribution is -0.129. The van der Waals surface area contributed by atoms with E-state index < -0.39 is 6.04 Å². The molecule has 0 aliphatic carbocycles. The fourth-order valence-electron chi connectivity index (χ4n) is 1.24. The smallest absolute Gasteiger partial charge is 0.244 e. The van der Waals surface area contributed by atoms with Crippen LogP contribution in [-0.2, 0) is 4.79 Å². The summed E-state index contributed by atoms with van der Waals surface area (Å²) < 4.78 is 0. The van der Waals surface area contributed by atoms with Gasteiger partial charge in [0.2, 0.25) is 11.9 Å². The van der Waals surface area contributed by atoms with Gasteiger partial charge in [-0.2, -0.15) is 4.98 Å². The van der Waals surface area contributed by atoms with Crippen LogP contribution in [0.25, 0.3) is 0 Å². The predicted octanol–water partition coefficient (Wildman–Crippen LogP) is 1.06. The molecule has 7 heteroatoms. The lowest BCUT2D eigenvalue weighted by atomic mass is 10.3. The molecule has 1 atom stereocenters. The first-order valence-corrected chi connectivity index (χ1v) is 5.51. The van der Waals surface area contributed by atoms with Gasteiger partial charge in [0.15, 0.2) is 5.82 Å². The van der Waals surface area contributed by atoms with Crippen molar-refractivity contribution in [2.45, 2.75) is 13.0 Å². The molecule has 6 nitrogen and oxygen atoms in total. The lowest BCUT2D eigenvalue weighted by Crippen LogP contribution is -2.37. The molecule has 0 saturated carbocycles. The average Bonchev–Trinajstić information content (AvgIpc) is 2.30. The molecular formula is C10H16ClN5O. The van der Waals surface area contributed by atoms with E-state index in [1.165, 1.54) is 11.1 Å². The van der Waals surface area contributed by atoms with Gasteiger partial charge in [-0.25, -0.2) is 4.98 Å². The molecule has 94 valence electrons. The van der Waals surface area contributed by atoms with Gasteiger partial charge in [0, 0.05) is 21.1 Å². The standard InChI is InChI=1S/C10H16ClN5O/c1-6(9(17)16(3)4)14-8-7(11)5-13-10(12-2)15-8/h5-6H,1-4H3,(H2,12,13,14,15). The summed E-state index contributed by atoms with van der Waals surface area (Å²) in [5.74, 6) is 0.834. The third-order valence-electron chi connectivity index (χ3n) is 2.13. The van der Waals surface area contributed by atoms with Crippen LogP contribution < -0.4 is 10.6 Å². The van der Waals surface area contributed by atoms with Gasteiger partial charge in [-0.05, 0) is 6.92 Å². The number of likely N-dealkylation sites (N-methyl/N-ethyl adjacent to an activating group) is 1. The van der Waals surface area contributed by atoms with E-state index in [0.717, 1.165) is 0 Å². The summed E-state index contributed by atoms with van der Waals surface area (Å²) in [7, 11) is 5.10. The Kier molecular flexibility index (Phi) is 4.51. The highest BCUT2D eigenvalue weighted by Crippen LogP contribution is 2.20. The molecule has 0 aliphatic rings. The number of halogens is 1. The van der Waals surface area contributed by atoms with Crippen LogP contribution in [0.5, 0.6) is 0 Å². The fraction of sp³-hybridized carbons (Fsp3) is 0.500. The Morgan fingerprint density at radius 3 is 2.71 bits per heavy atom. The number of carbonyl (C=O) groups is 1. The van der Waals surface area contributed by atoms with Gasteiger partial charge in [-0.1, -0.05) is 11.6 Å². The van der Waals surface area contributed by atoms with E-state index in [4.69, 9.17) is 11.6 Å². The molecule has 1 amide bonds. The van der Waals surface area contributed by atoms with Crippen LogP contribution in [0.4, 0.5) is 11.8 Å². The minimum atomic E-state index is -0.401. The zero-order chi connectivity index (χ0) is 13.0. The normalized spacial score (nSPS) is 11.8. The SMILES string of the molecule is CNc1ncc(Cl)c(NC(C)C(=O)N(C)C)n1. The van der Waals surface area contributed by atoms with Crippen molar-refractivity contribution in [2.24, 2.45) is 0 Å². The van der Waals surface area contributed by atoms with Crippen molar-refractivity contribution in [1.82, 2.24) is 14.9 Å². The summed E-state index contributed by atoms with van der Waals surface area (Å²) in [6.07, 6.45) is 1.48. The molecular weight excluding hydrogens is 242 g/mol. The van der Waals surface area contributed by atoms with Crippen molar-refractivity contribution in [3.63, 3.8) is 0 Å². The highest BCUT2D eigenvalue weighted by Gasteiger charge is 2.16. The highest BCUT2D eigenvalue weighted by molar-refractivity contribution is 6.32. The Labute approximate surface area is 105 Å². The predicted molar refractivity (Wildman–Crippen MR) is 68.4 cm³/mol. The van der Waals surface area contributed by atoms with Crippen LogP contribution in [0.2, 0.25) is 5.02 Å². The summed E-state index contributed by atoms with van der Waals surface area (Å²) in [6, 6.07) is -0.401. The molecule has 1 aromatic heterocycles. The molecule has 2 N–H and O–H groups in total.